The number of para-hydroxylation sites is 1. The van der Waals surface area contributed by atoms with Crippen LogP contribution in [0.5, 0.6) is 0 Å². The molecule has 3 aromatic rings. The van der Waals surface area contributed by atoms with Crippen molar-refractivity contribution in [3.05, 3.63) is 48.0 Å². The van der Waals surface area contributed by atoms with E-state index < -0.39 is 0 Å². The van der Waals surface area contributed by atoms with Crippen LogP contribution in [0, 0.1) is 18.8 Å². The summed E-state index contributed by atoms with van der Waals surface area (Å²) in [6.07, 6.45) is 8.70. The Balaban J connectivity index is 0.000000170. The maximum absolute atomic E-state index is 4.42. The molecule has 1 saturated carbocycles. The Hall–Kier alpha value is -2.43. The van der Waals surface area contributed by atoms with Crippen LogP contribution in [0.25, 0.3) is 10.9 Å². The predicted molar refractivity (Wildman–Crippen MR) is 123 cm³/mol. The van der Waals surface area contributed by atoms with Crippen LogP contribution in [0.2, 0.25) is 0 Å². The largest absolute Gasteiger partial charge is 0.362 e. The van der Waals surface area contributed by atoms with Gasteiger partial charge in [-0.05, 0) is 43.4 Å². The van der Waals surface area contributed by atoms with Gasteiger partial charge in [0, 0.05) is 31.4 Å². The summed E-state index contributed by atoms with van der Waals surface area (Å²) in [6.45, 7) is 8.74. The van der Waals surface area contributed by atoms with Crippen molar-refractivity contribution in [3.8, 4) is 0 Å². The van der Waals surface area contributed by atoms with Gasteiger partial charge in [0.2, 0.25) is 0 Å². The van der Waals surface area contributed by atoms with E-state index in [2.05, 4.69) is 40.9 Å². The zero-order valence-electron chi connectivity index (χ0n) is 18.9. The van der Waals surface area contributed by atoms with Crippen LogP contribution >= 0.6 is 0 Å². The van der Waals surface area contributed by atoms with Gasteiger partial charge in [-0.25, -0.2) is 9.97 Å². The highest BCUT2D eigenvalue weighted by Gasteiger charge is 2.13. The van der Waals surface area contributed by atoms with Crippen molar-refractivity contribution >= 4 is 16.7 Å². The first kappa shape index (κ1) is 22.9. The van der Waals surface area contributed by atoms with Gasteiger partial charge in [0.05, 0.1) is 5.52 Å². The second-order valence-electron chi connectivity index (χ2n) is 8.31. The highest BCUT2D eigenvalue weighted by molar-refractivity contribution is 5.89. The van der Waals surface area contributed by atoms with Gasteiger partial charge in [0.25, 0.3) is 0 Å². The third kappa shape index (κ3) is 7.48. The van der Waals surface area contributed by atoms with Crippen LogP contribution in [-0.4, -0.2) is 34.3 Å². The minimum absolute atomic E-state index is 0.812. The molecule has 1 aliphatic carbocycles. The van der Waals surface area contributed by atoms with E-state index in [4.69, 9.17) is 0 Å². The molecule has 1 fully saturated rings. The normalized spacial score (nSPS) is 18.3. The lowest BCUT2D eigenvalue weighted by atomic mass is 9.84. The van der Waals surface area contributed by atoms with Crippen LogP contribution in [0.3, 0.4) is 0 Å². The molecule has 0 radical (unpaired) electrons. The van der Waals surface area contributed by atoms with E-state index in [1.54, 1.807) is 6.20 Å². The summed E-state index contributed by atoms with van der Waals surface area (Å²) < 4.78 is 0. The van der Waals surface area contributed by atoms with E-state index in [1.807, 2.05) is 56.3 Å². The Morgan fingerprint density at radius 2 is 1.59 bits per heavy atom. The maximum Gasteiger partial charge on any atom is 0.139 e. The van der Waals surface area contributed by atoms with E-state index in [0.717, 1.165) is 40.8 Å². The number of nitrogens with zero attached hydrogens (tertiary/aromatic N) is 4. The van der Waals surface area contributed by atoms with Crippen LogP contribution in [-0.2, 0) is 6.42 Å². The molecule has 2 aromatic heterocycles. The number of fused-ring (bicyclic) bond motifs is 1. The van der Waals surface area contributed by atoms with Crippen molar-refractivity contribution in [2.75, 3.05) is 19.0 Å². The number of nitrogens with one attached hydrogen (secondary N) is 1. The second-order valence-corrected chi connectivity index (χ2v) is 8.31. The van der Waals surface area contributed by atoms with Gasteiger partial charge >= 0.3 is 0 Å². The molecular formula is C24H37N5. The number of aromatic amines is 1. The Morgan fingerprint density at radius 3 is 2.07 bits per heavy atom. The lowest BCUT2D eigenvalue weighted by Gasteiger charge is -2.22. The number of aromatic nitrogens is 4. The number of hydrogen-bond donors (Lipinski definition) is 1. The molecule has 29 heavy (non-hydrogen) atoms. The zero-order chi connectivity index (χ0) is 21.2. The third-order valence-corrected chi connectivity index (χ3v) is 5.36. The number of benzene rings is 1. The first-order valence-corrected chi connectivity index (χ1v) is 10.8. The molecule has 1 aliphatic rings. The third-order valence-electron chi connectivity index (χ3n) is 5.36. The van der Waals surface area contributed by atoms with Gasteiger partial charge in [-0.3, -0.25) is 5.10 Å². The van der Waals surface area contributed by atoms with E-state index in [9.17, 15) is 0 Å². The molecule has 1 aromatic carbocycles. The first-order chi connectivity index (χ1) is 13.9. The minimum atomic E-state index is 0.812. The molecule has 5 heteroatoms. The fourth-order valence-electron chi connectivity index (χ4n) is 3.42. The van der Waals surface area contributed by atoms with Crippen LogP contribution < -0.4 is 4.90 Å². The van der Waals surface area contributed by atoms with Gasteiger partial charge in [-0.1, -0.05) is 58.6 Å². The molecule has 0 bridgehead atoms. The van der Waals surface area contributed by atoms with Gasteiger partial charge in [-0.2, -0.15) is 5.10 Å². The summed E-state index contributed by atoms with van der Waals surface area (Å²) in [4.78, 5) is 10.8. The quantitative estimate of drug-likeness (QED) is 0.595. The molecule has 0 unspecified atom stereocenters. The first-order valence-electron chi connectivity index (χ1n) is 10.8. The van der Waals surface area contributed by atoms with E-state index >= 15 is 0 Å². The molecule has 2 heterocycles. The summed E-state index contributed by atoms with van der Waals surface area (Å²) in [7, 11) is 3.99. The smallest absolute Gasteiger partial charge is 0.139 e. The lowest BCUT2D eigenvalue weighted by Crippen LogP contribution is -2.12. The van der Waals surface area contributed by atoms with Gasteiger partial charge in [0.1, 0.15) is 11.6 Å². The highest BCUT2D eigenvalue weighted by Crippen LogP contribution is 2.27. The van der Waals surface area contributed by atoms with Crippen molar-refractivity contribution in [1.29, 1.82) is 0 Å². The fourth-order valence-corrected chi connectivity index (χ4v) is 3.42. The van der Waals surface area contributed by atoms with Crippen molar-refractivity contribution in [1.82, 2.24) is 20.2 Å². The molecule has 0 amide bonds. The molecule has 158 valence electrons. The minimum Gasteiger partial charge on any atom is -0.362 e. The second kappa shape index (κ2) is 11.5. The topological polar surface area (TPSA) is 57.7 Å². The number of hydrogen-bond acceptors (Lipinski definition) is 4. The summed E-state index contributed by atoms with van der Waals surface area (Å²) in [5.74, 6) is 3.83. The van der Waals surface area contributed by atoms with Crippen molar-refractivity contribution in [2.45, 2.75) is 59.8 Å². The average Bonchev–Trinajstić information content (AvgIpc) is 3.24. The lowest BCUT2D eigenvalue weighted by molar-refractivity contribution is 0.308. The number of aryl methyl sites for hydroxylation is 2. The van der Waals surface area contributed by atoms with Gasteiger partial charge < -0.3 is 4.90 Å². The van der Waals surface area contributed by atoms with Crippen LogP contribution in [0.4, 0.5) is 5.82 Å². The molecular weight excluding hydrogens is 358 g/mol. The molecule has 4 rings (SSSR count). The monoisotopic (exact) mass is 395 g/mol. The molecule has 1 N–H and O–H groups in total. The molecule has 0 aliphatic heterocycles. The standard InChI is InChI=1S/C11H13N3.C8H16.C5H8N2/c1-8-12-10-7-5-4-6-9(10)11(13-8)14(2)3;1-7-3-5-8(2)6-4-7;1-2-5-3-4-6-7-5/h4-7H,1-3H3;7-8H,3-6H2,1-2H3;3-4H,2H2,1H3,(H,6,7). The van der Waals surface area contributed by atoms with Crippen LogP contribution in [0.1, 0.15) is 58.0 Å². The number of H-pyrrole nitrogens is 1. The Bertz CT molecular complexity index is 824. The Morgan fingerprint density at radius 1 is 0.966 bits per heavy atom. The van der Waals surface area contributed by atoms with Crippen molar-refractivity contribution in [2.24, 2.45) is 11.8 Å². The maximum atomic E-state index is 4.42. The number of anilines is 1. The molecule has 0 atom stereocenters. The van der Waals surface area contributed by atoms with Crippen LogP contribution in [0.15, 0.2) is 36.5 Å². The summed E-state index contributed by atoms with van der Waals surface area (Å²) in [6, 6.07) is 10.0. The number of rotatable bonds is 2. The summed E-state index contributed by atoms with van der Waals surface area (Å²) >= 11 is 0. The SMILES string of the molecule is CC1CCC(C)CC1.CCc1ccn[nH]1.Cc1nc(N(C)C)c2ccccc2n1. The van der Waals surface area contributed by atoms with Gasteiger partial charge in [-0.15, -0.1) is 0 Å². The van der Waals surface area contributed by atoms with E-state index in [0.29, 0.717) is 0 Å². The molecule has 0 spiro atoms. The van der Waals surface area contributed by atoms with Crippen molar-refractivity contribution in [3.63, 3.8) is 0 Å². The van der Waals surface area contributed by atoms with E-state index in [1.165, 1.54) is 31.4 Å². The van der Waals surface area contributed by atoms with Gasteiger partial charge in [0.15, 0.2) is 0 Å². The zero-order valence-corrected chi connectivity index (χ0v) is 18.9. The Kier molecular flexibility index (Phi) is 9.10. The van der Waals surface area contributed by atoms with Crippen molar-refractivity contribution < 1.29 is 0 Å². The van der Waals surface area contributed by atoms with E-state index in [-0.39, 0.29) is 0 Å². The fraction of sp³-hybridized carbons (Fsp3) is 0.542. The summed E-state index contributed by atoms with van der Waals surface area (Å²) in [5, 5.41) is 7.70. The Labute approximate surface area is 176 Å². The highest BCUT2D eigenvalue weighted by atomic mass is 15.1. The average molecular weight is 396 g/mol. The summed E-state index contributed by atoms with van der Waals surface area (Å²) in [5.41, 5.74) is 2.20. The molecule has 0 saturated heterocycles. The molecule has 5 nitrogen and oxygen atoms in total. The predicted octanol–water partition coefficient (Wildman–Crippen LogP) is 5.81.